The van der Waals surface area contributed by atoms with E-state index in [4.69, 9.17) is 0 Å². The molecule has 0 fully saturated rings. The molecule has 0 aliphatic heterocycles. The maximum atomic E-state index is 9.67. The molecule has 0 N–H and O–H groups in total. The number of thiol groups is 2. The molecule has 0 aliphatic rings. The summed E-state index contributed by atoms with van der Waals surface area (Å²) >= 11 is 7.97. The fourth-order valence-corrected chi connectivity index (χ4v) is 0. The molecule has 0 bridgehead atoms. The average molecular weight is 178 g/mol. The van der Waals surface area contributed by atoms with Gasteiger partial charge in [-0.25, -0.2) is 0 Å². The molecule has 0 aromatic carbocycles. The Bertz CT molecular complexity index is 50.6. The molecule has 0 saturated heterocycles. The van der Waals surface area contributed by atoms with Crippen molar-refractivity contribution in [3.05, 3.63) is 0 Å². The molecule has 0 heterocycles. The van der Waals surface area contributed by atoms with Crippen molar-refractivity contribution in [1.29, 1.82) is 0 Å². The van der Waals surface area contributed by atoms with E-state index in [0.717, 1.165) is 0 Å². The highest BCUT2D eigenvalue weighted by molar-refractivity contribution is 8.00. The van der Waals surface area contributed by atoms with Crippen LogP contribution in [-0.4, -0.2) is 10.8 Å². The van der Waals surface area contributed by atoms with Gasteiger partial charge in [0.1, 0.15) is 0 Å². The normalized spacial score (nSPS) is 10.7. The summed E-state index contributed by atoms with van der Waals surface area (Å²) in [6.45, 7) is 0.165. The van der Waals surface area contributed by atoms with Gasteiger partial charge in [0, 0.05) is 4.08 Å². The zero-order valence-corrected chi connectivity index (χ0v) is 6.89. The Balaban J connectivity index is 0. The molecule has 58 valence electrons. The second-order valence-corrected chi connectivity index (χ2v) is 4.33. The molecule has 0 aromatic rings. The first kappa shape index (κ1) is 12.2. The Hall–Kier alpha value is 0.490. The Labute approximate surface area is 63.6 Å². The molecule has 0 aromatic heterocycles. The van der Waals surface area contributed by atoms with E-state index in [-0.39, 0.29) is 4.08 Å². The monoisotopic (exact) mass is 178 g/mol. The lowest BCUT2D eigenvalue weighted by Crippen LogP contribution is -1.94. The minimum absolute atomic E-state index is 0.111. The molecule has 0 amide bonds. The lowest BCUT2D eigenvalue weighted by molar-refractivity contribution is 0.00819. The average Bonchev–Trinajstić information content (AvgIpc) is 1.19. The Morgan fingerprint density at radius 1 is 1.11 bits per heavy atom. The van der Waals surface area contributed by atoms with E-state index in [1.807, 2.05) is 13.8 Å². The van der Waals surface area contributed by atoms with Crippen molar-refractivity contribution in [2.24, 2.45) is 0 Å². The Morgan fingerprint density at radius 3 is 1.11 bits per heavy atom. The van der Waals surface area contributed by atoms with Gasteiger partial charge in [0.25, 0.3) is 0 Å². The molecule has 0 saturated carbocycles. The number of halogens is 3. The van der Waals surface area contributed by atoms with Gasteiger partial charge in [-0.1, -0.05) is 0 Å². The van der Waals surface area contributed by atoms with Gasteiger partial charge >= 0.3 is 6.68 Å². The lowest BCUT2D eigenvalue weighted by atomic mass is 10.6. The standard InChI is InChI=1S/C3H8S2.CHF3/c1-3(2,4)5;2-1(3)4/h4-5H,1-2H3;1H. The van der Waals surface area contributed by atoms with Gasteiger partial charge < -0.3 is 0 Å². The zero-order chi connectivity index (χ0) is 8.08. The Morgan fingerprint density at radius 2 is 1.11 bits per heavy atom. The van der Waals surface area contributed by atoms with Crippen LogP contribution in [-0.2, 0) is 0 Å². The van der Waals surface area contributed by atoms with Crippen LogP contribution in [0.3, 0.4) is 0 Å². The third-order valence-electron chi connectivity index (χ3n) is 0. The van der Waals surface area contributed by atoms with Gasteiger partial charge in [-0.05, 0) is 13.8 Å². The summed E-state index contributed by atoms with van der Waals surface area (Å²) < 4.78 is 28.9. The van der Waals surface area contributed by atoms with Crippen LogP contribution in [0, 0.1) is 0 Å². The summed E-state index contributed by atoms with van der Waals surface area (Å²) in [5.41, 5.74) is 0. The highest BCUT2D eigenvalue weighted by Gasteiger charge is 1.98. The first-order valence-electron chi connectivity index (χ1n) is 2.10. The Kier molecular flexibility index (Phi) is 7.16. The van der Waals surface area contributed by atoms with Crippen molar-refractivity contribution in [3.63, 3.8) is 0 Å². The SMILES string of the molecule is CC(C)(S)S.FC(F)F. The van der Waals surface area contributed by atoms with Crippen molar-refractivity contribution in [1.82, 2.24) is 0 Å². The van der Waals surface area contributed by atoms with Gasteiger partial charge in [0.15, 0.2) is 0 Å². The third-order valence-corrected chi connectivity index (χ3v) is 0. The molecular formula is C4H9F3S2. The van der Waals surface area contributed by atoms with Crippen LogP contribution in [0.2, 0.25) is 0 Å². The summed E-state index contributed by atoms with van der Waals surface area (Å²) in [6.07, 6.45) is 0. The molecule has 0 rings (SSSR count). The summed E-state index contributed by atoms with van der Waals surface area (Å²) in [6, 6.07) is 0. The number of rotatable bonds is 0. The number of hydrogen-bond donors (Lipinski definition) is 2. The second-order valence-electron chi connectivity index (χ2n) is 1.74. The van der Waals surface area contributed by atoms with Gasteiger partial charge in [-0.3, -0.25) is 0 Å². The molecular weight excluding hydrogens is 169 g/mol. The molecule has 9 heavy (non-hydrogen) atoms. The maximum Gasteiger partial charge on any atom is 0.379 e. The van der Waals surface area contributed by atoms with Gasteiger partial charge in [-0.2, -0.15) is 38.4 Å². The fraction of sp³-hybridized carbons (Fsp3) is 1.00. The highest BCUT2D eigenvalue weighted by Crippen LogP contribution is 2.14. The second kappa shape index (κ2) is 5.29. The topological polar surface area (TPSA) is 0 Å². The van der Waals surface area contributed by atoms with Gasteiger partial charge in [-0.15, -0.1) is 0 Å². The fourth-order valence-electron chi connectivity index (χ4n) is 0. The summed E-state index contributed by atoms with van der Waals surface area (Å²) in [5.74, 6) is 0. The lowest BCUT2D eigenvalue weighted by Gasteiger charge is -2.03. The number of hydrogen-bond acceptors (Lipinski definition) is 2. The minimum Gasteiger partial charge on any atom is -0.174 e. The van der Waals surface area contributed by atoms with Crippen molar-refractivity contribution < 1.29 is 13.2 Å². The van der Waals surface area contributed by atoms with E-state index >= 15 is 0 Å². The van der Waals surface area contributed by atoms with Gasteiger partial charge in [0.2, 0.25) is 0 Å². The van der Waals surface area contributed by atoms with Crippen molar-refractivity contribution >= 4 is 25.3 Å². The van der Waals surface area contributed by atoms with E-state index in [1.54, 1.807) is 0 Å². The van der Waals surface area contributed by atoms with Crippen LogP contribution in [0.15, 0.2) is 0 Å². The first-order valence-corrected chi connectivity index (χ1v) is 3.00. The van der Waals surface area contributed by atoms with E-state index in [2.05, 4.69) is 25.3 Å². The highest BCUT2D eigenvalue weighted by atomic mass is 32.2. The smallest absolute Gasteiger partial charge is 0.174 e. The van der Waals surface area contributed by atoms with E-state index in [9.17, 15) is 13.2 Å². The van der Waals surface area contributed by atoms with E-state index in [0.29, 0.717) is 0 Å². The third kappa shape index (κ3) is 1490. The van der Waals surface area contributed by atoms with Crippen LogP contribution in [0.5, 0.6) is 0 Å². The molecule has 0 atom stereocenters. The first-order chi connectivity index (χ1) is 3.73. The maximum absolute atomic E-state index is 9.67. The zero-order valence-electron chi connectivity index (χ0n) is 5.11. The number of alkyl halides is 3. The van der Waals surface area contributed by atoms with Crippen LogP contribution >= 0.6 is 25.3 Å². The minimum atomic E-state index is -3.67. The van der Waals surface area contributed by atoms with E-state index < -0.39 is 6.68 Å². The molecule has 0 aliphatic carbocycles. The van der Waals surface area contributed by atoms with Crippen molar-refractivity contribution in [2.75, 3.05) is 0 Å². The quantitative estimate of drug-likeness (QED) is 0.413. The molecule has 0 radical (unpaired) electrons. The van der Waals surface area contributed by atoms with E-state index in [1.165, 1.54) is 0 Å². The molecule has 0 unspecified atom stereocenters. The molecule has 5 heteroatoms. The predicted octanol–water partition coefficient (Wildman–Crippen LogP) is 2.76. The van der Waals surface area contributed by atoms with Crippen LogP contribution in [0.1, 0.15) is 13.8 Å². The predicted molar refractivity (Wildman–Crippen MR) is 39.2 cm³/mol. The molecule has 0 spiro atoms. The van der Waals surface area contributed by atoms with Crippen LogP contribution in [0.25, 0.3) is 0 Å². The van der Waals surface area contributed by atoms with Crippen LogP contribution < -0.4 is 0 Å². The van der Waals surface area contributed by atoms with Gasteiger partial charge in [0.05, 0.1) is 0 Å². The summed E-state index contributed by atoms with van der Waals surface area (Å²) in [7, 11) is 0. The largest absolute Gasteiger partial charge is 0.379 e. The van der Waals surface area contributed by atoms with Crippen molar-refractivity contribution in [2.45, 2.75) is 24.6 Å². The summed E-state index contributed by atoms with van der Waals surface area (Å²) in [5, 5.41) is 0. The van der Waals surface area contributed by atoms with Crippen molar-refractivity contribution in [3.8, 4) is 0 Å². The molecule has 0 nitrogen and oxygen atoms in total. The van der Waals surface area contributed by atoms with Crippen LogP contribution in [0.4, 0.5) is 13.2 Å². The summed E-state index contributed by atoms with van der Waals surface area (Å²) in [4.78, 5) is 0.